The lowest BCUT2D eigenvalue weighted by atomic mass is 9.79. The molecule has 2 heteroatoms. The molecule has 2 heterocycles. The van der Waals surface area contributed by atoms with Gasteiger partial charge in [-0.15, -0.1) is 0 Å². The third-order valence-corrected chi connectivity index (χ3v) is 3.84. The first-order chi connectivity index (χ1) is 6.81. The Bertz CT molecular complexity index is 217. The molecule has 14 heavy (non-hydrogen) atoms. The van der Waals surface area contributed by atoms with Crippen LogP contribution in [0.1, 0.15) is 45.4 Å². The van der Waals surface area contributed by atoms with Crippen LogP contribution in [0.3, 0.4) is 0 Å². The maximum Gasteiger partial charge on any atom is 0.0635 e. The molecule has 2 nitrogen and oxygen atoms in total. The van der Waals surface area contributed by atoms with Crippen molar-refractivity contribution in [3.63, 3.8) is 0 Å². The summed E-state index contributed by atoms with van der Waals surface area (Å²) in [6.45, 7) is 3.39. The van der Waals surface area contributed by atoms with E-state index in [0.29, 0.717) is 6.42 Å². The highest BCUT2D eigenvalue weighted by Gasteiger charge is 2.35. The first kappa shape index (κ1) is 9.98. The minimum Gasteiger partial charge on any atom is -0.296 e. The number of nitrogens with zero attached hydrogens (tertiary/aromatic N) is 2. The van der Waals surface area contributed by atoms with Gasteiger partial charge in [0, 0.05) is 25.0 Å². The standard InChI is InChI=1S/C12H20N2/c1-10-8-11-4-2-5-12(9-10)14(11)7-3-6-13/h10-12H,2-5,7-9H2,1H3. The molecule has 2 unspecified atom stereocenters. The van der Waals surface area contributed by atoms with Crippen molar-refractivity contribution >= 4 is 0 Å². The maximum atomic E-state index is 8.64. The summed E-state index contributed by atoms with van der Waals surface area (Å²) in [5.74, 6) is 0.906. The first-order valence-electron chi connectivity index (χ1n) is 5.94. The van der Waals surface area contributed by atoms with Crippen LogP contribution in [0.4, 0.5) is 0 Å². The van der Waals surface area contributed by atoms with Crippen molar-refractivity contribution in [1.82, 2.24) is 4.90 Å². The monoisotopic (exact) mass is 192 g/mol. The molecule has 2 saturated heterocycles. The number of nitriles is 1. The molecule has 2 aliphatic heterocycles. The first-order valence-corrected chi connectivity index (χ1v) is 5.94. The van der Waals surface area contributed by atoms with E-state index in [9.17, 15) is 0 Å². The normalized spacial score (nSPS) is 37.9. The van der Waals surface area contributed by atoms with Gasteiger partial charge in [-0.1, -0.05) is 13.3 Å². The Morgan fingerprint density at radius 3 is 2.50 bits per heavy atom. The smallest absolute Gasteiger partial charge is 0.0635 e. The summed E-state index contributed by atoms with van der Waals surface area (Å²) in [6.07, 6.45) is 7.58. The van der Waals surface area contributed by atoms with E-state index in [2.05, 4.69) is 17.9 Å². The fraction of sp³-hybridized carbons (Fsp3) is 0.917. The zero-order chi connectivity index (χ0) is 9.97. The number of rotatable bonds is 2. The second-order valence-electron chi connectivity index (χ2n) is 4.96. The largest absolute Gasteiger partial charge is 0.296 e. The van der Waals surface area contributed by atoms with Gasteiger partial charge in [-0.2, -0.15) is 5.26 Å². The minimum atomic E-state index is 0.710. The van der Waals surface area contributed by atoms with Crippen LogP contribution >= 0.6 is 0 Å². The van der Waals surface area contributed by atoms with Crippen LogP contribution in [0.15, 0.2) is 0 Å². The van der Waals surface area contributed by atoms with Gasteiger partial charge in [-0.05, 0) is 31.6 Å². The van der Waals surface area contributed by atoms with E-state index in [1.54, 1.807) is 0 Å². The summed E-state index contributed by atoms with van der Waals surface area (Å²) in [7, 11) is 0. The third kappa shape index (κ3) is 1.93. The van der Waals surface area contributed by atoms with Gasteiger partial charge in [0.15, 0.2) is 0 Å². The molecule has 78 valence electrons. The van der Waals surface area contributed by atoms with Crippen molar-refractivity contribution < 1.29 is 0 Å². The molecule has 2 bridgehead atoms. The average molecular weight is 192 g/mol. The molecule has 0 radical (unpaired) electrons. The maximum absolute atomic E-state index is 8.64. The van der Waals surface area contributed by atoms with Crippen molar-refractivity contribution in [3.05, 3.63) is 0 Å². The number of hydrogen-bond acceptors (Lipinski definition) is 2. The summed E-state index contributed by atoms with van der Waals surface area (Å²) < 4.78 is 0. The molecule has 0 aromatic heterocycles. The van der Waals surface area contributed by atoms with Crippen LogP contribution in [0.25, 0.3) is 0 Å². The van der Waals surface area contributed by atoms with Crippen molar-refractivity contribution in [2.75, 3.05) is 6.54 Å². The Morgan fingerprint density at radius 2 is 1.93 bits per heavy atom. The van der Waals surface area contributed by atoms with Crippen LogP contribution in [-0.2, 0) is 0 Å². The molecular formula is C12H20N2. The van der Waals surface area contributed by atoms with Gasteiger partial charge >= 0.3 is 0 Å². The molecule has 0 amide bonds. The fourth-order valence-electron chi connectivity index (χ4n) is 3.29. The van der Waals surface area contributed by atoms with Gasteiger partial charge < -0.3 is 0 Å². The second-order valence-corrected chi connectivity index (χ2v) is 4.96. The highest BCUT2D eigenvalue weighted by molar-refractivity contribution is 4.92. The van der Waals surface area contributed by atoms with E-state index < -0.39 is 0 Å². The number of fused-ring (bicyclic) bond motifs is 2. The minimum absolute atomic E-state index is 0.710. The molecule has 0 N–H and O–H groups in total. The van der Waals surface area contributed by atoms with Crippen molar-refractivity contribution in [1.29, 1.82) is 5.26 Å². The van der Waals surface area contributed by atoms with E-state index in [4.69, 9.17) is 5.26 Å². The fourth-order valence-corrected chi connectivity index (χ4v) is 3.29. The predicted octanol–water partition coefficient (Wildman–Crippen LogP) is 2.55. The Morgan fingerprint density at radius 1 is 1.29 bits per heavy atom. The summed E-state index contributed by atoms with van der Waals surface area (Å²) in [4.78, 5) is 2.62. The van der Waals surface area contributed by atoms with Crippen LogP contribution in [0, 0.1) is 17.2 Å². The lowest BCUT2D eigenvalue weighted by Gasteiger charge is -2.48. The van der Waals surface area contributed by atoms with E-state index in [1.807, 2.05) is 0 Å². The summed E-state index contributed by atoms with van der Waals surface area (Å²) in [5.41, 5.74) is 0. The molecule has 0 spiro atoms. The molecule has 0 aliphatic carbocycles. The summed E-state index contributed by atoms with van der Waals surface area (Å²) >= 11 is 0. The Hall–Kier alpha value is -0.550. The molecule has 2 aliphatic rings. The Balaban J connectivity index is 1.98. The van der Waals surface area contributed by atoms with Crippen molar-refractivity contribution in [3.8, 4) is 6.07 Å². The summed E-state index contributed by atoms with van der Waals surface area (Å²) in [6, 6.07) is 3.87. The molecule has 2 rings (SSSR count). The van der Waals surface area contributed by atoms with Crippen LogP contribution in [0.5, 0.6) is 0 Å². The molecule has 2 atom stereocenters. The molecule has 0 aromatic carbocycles. The summed E-state index contributed by atoms with van der Waals surface area (Å²) in [5, 5.41) is 8.64. The van der Waals surface area contributed by atoms with Crippen LogP contribution in [-0.4, -0.2) is 23.5 Å². The van der Waals surface area contributed by atoms with Gasteiger partial charge in [0.2, 0.25) is 0 Å². The Labute approximate surface area is 86.9 Å². The molecule has 2 fully saturated rings. The highest BCUT2D eigenvalue weighted by atomic mass is 15.2. The Kier molecular flexibility index (Phi) is 3.08. The third-order valence-electron chi connectivity index (χ3n) is 3.84. The van der Waals surface area contributed by atoms with Crippen LogP contribution in [0.2, 0.25) is 0 Å². The quantitative estimate of drug-likeness (QED) is 0.672. The molecule has 0 saturated carbocycles. The topological polar surface area (TPSA) is 27.0 Å². The lowest BCUT2D eigenvalue weighted by Crippen LogP contribution is -2.51. The highest BCUT2D eigenvalue weighted by Crippen LogP contribution is 2.36. The molecular weight excluding hydrogens is 172 g/mol. The van der Waals surface area contributed by atoms with Gasteiger partial charge in [-0.3, -0.25) is 4.90 Å². The lowest BCUT2D eigenvalue weighted by molar-refractivity contribution is 0.0198. The number of piperidine rings is 2. The van der Waals surface area contributed by atoms with E-state index in [-0.39, 0.29) is 0 Å². The van der Waals surface area contributed by atoms with Crippen LogP contribution < -0.4 is 0 Å². The predicted molar refractivity (Wildman–Crippen MR) is 56.8 cm³/mol. The van der Waals surface area contributed by atoms with Gasteiger partial charge in [0.1, 0.15) is 0 Å². The van der Waals surface area contributed by atoms with E-state index in [0.717, 1.165) is 24.5 Å². The molecule has 0 aromatic rings. The number of hydrogen-bond donors (Lipinski definition) is 0. The SMILES string of the molecule is CC1CC2CCCC(C1)N2CCC#N. The average Bonchev–Trinajstić information content (AvgIpc) is 2.14. The van der Waals surface area contributed by atoms with E-state index >= 15 is 0 Å². The zero-order valence-corrected chi connectivity index (χ0v) is 9.08. The van der Waals surface area contributed by atoms with Gasteiger partial charge in [0.05, 0.1) is 6.07 Å². The van der Waals surface area contributed by atoms with E-state index in [1.165, 1.54) is 32.1 Å². The van der Waals surface area contributed by atoms with Crippen molar-refractivity contribution in [2.45, 2.75) is 57.5 Å². The zero-order valence-electron chi connectivity index (χ0n) is 9.08. The van der Waals surface area contributed by atoms with Gasteiger partial charge in [-0.25, -0.2) is 0 Å². The van der Waals surface area contributed by atoms with Crippen molar-refractivity contribution in [2.24, 2.45) is 5.92 Å². The van der Waals surface area contributed by atoms with Gasteiger partial charge in [0.25, 0.3) is 0 Å². The second kappa shape index (κ2) is 4.31.